The van der Waals surface area contributed by atoms with E-state index in [0.29, 0.717) is 17.2 Å². The van der Waals surface area contributed by atoms with E-state index in [2.05, 4.69) is 15.9 Å². The fraction of sp³-hybridized carbons (Fsp3) is 0.375. The Balaban J connectivity index is 1.66. The fourth-order valence-electron chi connectivity index (χ4n) is 5.42. The fourth-order valence-corrected chi connectivity index (χ4v) is 5.80. The Bertz CT molecular complexity index is 1150. The molecule has 8 nitrogen and oxygen atoms in total. The minimum atomic E-state index is -1.41. The first-order valence-corrected chi connectivity index (χ1v) is 11.5. The lowest BCUT2D eigenvalue weighted by atomic mass is 9.77. The number of fused-ring (bicyclic) bond motifs is 5. The van der Waals surface area contributed by atoms with Crippen molar-refractivity contribution in [2.75, 3.05) is 25.2 Å². The molecule has 2 saturated heterocycles. The van der Waals surface area contributed by atoms with Gasteiger partial charge in [0.25, 0.3) is 5.91 Å². The van der Waals surface area contributed by atoms with Gasteiger partial charge in [-0.25, -0.2) is 9.69 Å². The van der Waals surface area contributed by atoms with Crippen molar-refractivity contribution in [3.05, 3.63) is 52.5 Å². The van der Waals surface area contributed by atoms with Crippen molar-refractivity contribution in [3.63, 3.8) is 0 Å². The number of anilines is 1. The average Bonchev–Trinajstić information content (AvgIpc) is 3.19. The zero-order valence-electron chi connectivity index (χ0n) is 18.4. The lowest BCUT2D eigenvalue weighted by Gasteiger charge is -2.34. The molecule has 3 aliphatic rings. The summed E-state index contributed by atoms with van der Waals surface area (Å²) in [7, 11) is 1.54. The molecule has 0 bridgehead atoms. The Morgan fingerprint density at radius 3 is 2.61 bits per heavy atom. The normalized spacial score (nSPS) is 27.6. The highest BCUT2D eigenvalue weighted by Gasteiger charge is 2.72. The number of carbonyl (C=O) groups excluding carboxylic acids is 3. The number of ether oxygens (including phenoxy) is 3. The smallest absolute Gasteiger partial charge is 0.332 e. The number of hydrogen-bond donors (Lipinski definition) is 0. The molecule has 2 aromatic rings. The van der Waals surface area contributed by atoms with E-state index < -0.39 is 41.3 Å². The molecule has 2 aromatic carbocycles. The summed E-state index contributed by atoms with van der Waals surface area (Å²) in [4.78, 5) is 43.6. The number of hydrogen-bond acceptors (Lipinski definition) is 6. The molecule has 4 atom stereocenters. The molecule has 3 aliphatic heterocycles. The van der Waals surface area contributed by atoms with E-state index in [0.717, 1.165) is 14.9 Å². The van der Waals surface area contributed by atoms with Gasteiger partial charge in [-0.1, -0.05) is 15.9 Å². The highest BCUT2D eigenvalue weighted by atomic mass is 79.9. The summed E-state index contributed by atoms with van der Waals surface area (Å²) in [6.45, 7) is 3.77. The molecule has 172 valence electrons. The van der Waals surface area contributed by atoms with Crippen LogP contribution in [0.2, 0.25) is 0 Å². The third-order valence-corrected chi connectivity index (χ3v) is 7.34. The number of methoxy groups -OCH3 is 1. The molecule has 0 spiro atoms. The van der Waals surface area contributed by atoms with Crippen LogP contribution in [0.1, 0.15) is 25.5 Å². The van der Waals surface area contributed by atoms with E-state index in [4.69, 9.17) is 14.2 Å². The van der Waals surface area contributed by atoms with Crippen molar-refractivity contribution in [1.29, 1.82) is 0 Å². The predicted octanol–water partition coefficient (Wildman–Crippen LogP) is 3.93. The number of halogens is 1. The zero-order chi connectivity index (χ0) is 23.5. The SMILES string of the molecule is CCOC(=O)[C@H]1[C@@H]2COc3ccc(Br)cc3[C@@H]2N2C(=O)N(c3ccc(OC)cc3)C(=O)[C@]12C. The van der Waals surface area contributed by atoms with Gasteiger partial charge in [0, 0.05) is 16.0 Å². The maximum absolute atomic E-state index is 13.9. The summed E-state index contributed by atoms with van der Waals surface area (Å²) >= 11 is 3.49. The van der Waals surface area contributed by atoms with Crippen LogP contribution in [0, 0.1) is 11.8 Å². The Morgan fingerprint density at radius 2 is 1.94 bits per heavy atom. The number of benzene rings is 2. The van der Waals surface area contributed by atoms with E-state index in [9.17, 15) is 14.4 Å². The number of urea groups is 1. The van der Waals surface area contributed by atoms with Gasteiger partial charge in [-0.15, -0.1) is 0 Å². The molecule has 0 unspecified atom stereocenters. The molecule has 3 heterocycles. The predicted molar refractivity (Wildman–Crippen MR) is 122 cm³/mol. The molecule has 5 rings (SSSR count). The van der Waals surface area contributed by atoms with Crippen LogP contribution in [0.15, 0.2) is 46.9 Å². The van der Waals surface area contributed by atoms with Crippen molar-refractivity contribution in [1.82, 2.24) is 4.90 Å². The Kier molecular flexibility index (Phi) is 5.12. The van der Waals surface area contributed by atoms with Crippen LogP contribution < -0.4 is 14.4 Å². The lowest BCUT2D eigenvalue weighted by molar-refractivity contribution is -0.154. The second-order valence-corrected chi connectivity index (χ2v) is 9.39. The zero-order valence-corrected chi connectivity index (χ0v) is 20.0. The van der Waals surface area contributed by atoms with Crippen LogP contribution in [0.4, 0.5) is 10.5 Å². The van der Waals surface area contributed by atoms with Gasteiger partial charge in [0.1, 0.15) is 17.0 Å². The molecule has 0 radical (unpaired) electrons. The van der Waals surface area contributed by atoms with Crippen LogP contribution in [0.25, 0.3) is 0 Å². The first-order valence-electron chi connectivity index (χ1n) is 10.7. The van der Waals surface area contributed by atoms with Crippen molar-refractivity contribution in [2.45, 2.75) is 25.4 Å². The van der Waals surface area contributed by atoms with E-state index >= 15 is 0 Å². The molecule has 3 amide bonds. The van der Waals surface area contributed by atoms with Gasteiger partial charge >= 0.3 is 12.0 Å². The number of rotatable bonds is 4. The van der Waals surface area contributed by atoms with Gasteiger partial charge in [-0.3, -0.25) is 9.59 Å². The van der Waals surface area contributed by atoms with Gasteiger partial charge in [0.15, 0.2) is 0 Å². The maximum atomic E-state index is 13.9. The number of amides is 3. The summed E-state index contributed by atoms with van der Waals surface area (Å²) in [6, 6.07) is 11.3. The monoisotopic (exact) mass is 514 g/mol. The second kappa shape index (κ2) is 7.76. The van der Waals surface area contributed by atoms with Crippen molar-refractivity contribution < 1.29 is 28.6 Å². The summed E-state index contributed by atoms with van der Waals surface area (Å²) in [5.74, 6) is -0.998. The van der Waals surface area contributed by atoms with Crippen molar-refractivity contribution in [2.24, 2.45) is 11.8 Å². The molecular weight excluding hydrogens is 492 g/mol. The number of esters is 1. The van der Waals surface area contributed by atoms with Crippen LogP contribution in [0.5, 0.6) is 11.5 Å². The highest BCUT2D eigenvalue weighted by molar-refractivity contribution is 9.10. The van der Waals surface area contributed by atoms with E-state index in [1.54, 1.807) is 50.1 Å². The second-order valence-electron chi connectivity index (χ2n) is 8.47. The Morgan fingerprint density at radius 1 is 1.21 bits per heavy atom. The average molecular weight is 515 g/mol. The van der Waals surface area contributed by atoms with Crippen LogP contribution in [0.3, 0.4) is 0 Å². The molecule has 0 saturated carbocycles. The molecule has 2 fully saturated rings. The minimum Gasteiger partial charge on any atom is -0.497 e. The van der Waals surface area contributed by atoms with Gasteiger partial charge in [-0.05, 0) is 56.3 Å². The largest absolute Gasteiger partial charge is 0.497 e. The summed E-state index contributed by atoms with van der Waals surface area (Å²) in [5, 5.41) is 0. The first-order chi connectivity index (χ1) is 15.8. The van der Waals surface area contributed by atoms with Gasteiger partial charge in [-0.2, -0.15) is 0 Å². The molecule has 9 heteroatoms. The summed E-state index contributed by atoms with van der Waals surface area (Å²) in [5.41, 5.74) is -0.232. The number of nitrogens with zero attached hydrogens (tertiary/aromatic N) is 2. The molecule has 0 aliphatic carbocycles. The van der Waals surface area contributed by atoms with E-state index in [1.165, 1.54) is 0 Å². The van der Waals surface area contributed by atoms with E-state index in [-0.39, 0.29) is 13.2 Å². The minimum absolute atomic E-state index is 0.177. The van der Waals surface area contributed by atoms with Crippen molar-refractivity contribution in [3.8, 4) is 11.5 Å². The first kappa shape index (κ1) is 21.8. The highest BCUT2D eigenvalue weighted by Crippen LogP contribution is 2.58. The molecule has 33 heavy (non-hydrogen) atoms. The maximum Gasteiger partial charge on any atom is 0.332 e. The Hall–Kier alpha value is -3.07. The van der Waals surface area contributed by atoms with Crippen molar-refractivity contribution >= 4 is 39.5 Å². The van der Waals surface area contributed by atoms with Crippen LogP contribution in [-0.2, 0) is 14.3 Å². The third kappa shape index (κ3) is 2.98. The summed E-state index contributed by atoms with van der Waals surface area (Å²) in [6.07, 6.45) is 0. The van der Waals surface area contributed by atoms with Gasteiger partial charge in [0.2, 0.25) is 0 Å². The van der Waals surface area contributed by atoms with Crippen LogP contribution in [-0.4, -0.2) is 48.7 Å². The lowest BCUT2D eigenvalue weighted by Crippen LogP contribution is -2.51. The molecule has 0 N–H and O–H groups in total. The van der Waals surface area contributed by atoms with Gasteiger partial charge in [0.05, 0.1) is 38.0 Å². The number of carbonyl (C=O) groups is 3. The van der Waals surface area contributed by atoms with E-state index in [1.807, 2.05) is 18.2 Å². The topological polar surface area (TPSA) is 85.4 Å². The molecular formula is C24H23BrN2O6. The quantitative estimate of drug-likeness (QED) is 0.453. The number of imide groups is 1. The Labute approximate surface area is 199 Å². The third-order valence-electron chi connectivity index (χ3n) is 6.84. The molecule has 0 aromatic heterocycles. The summed E-state index contributed by atoms with van der Waals surface area (Å²) < 4.78 is 17.4. The van der Waals surface area contributed by atoms with Crippen LogP contribution >= 0.6 is 15.9 Å². The van der Waals surface area contributed by atoms with Gasteiger partial charge < -0.3 is 19.1 Å². The standard InChI is InChI=1S/C24H23BrN2O6/c1-4-32-21(28)19-17-12-33-18-10-5-13(25)11-16(18)20(17)27-23(30)26(22(29)24(19,27)2)14-6-8-15(31-3)9-7-14/h5-11,17,19-20H,4,12H2,1-3H3/t17-,19+,20-,24-/m0/s1.